The zero-order valence-electron chi connectivity index (χ0n) is 66.2. The molecule has 4 aliphatic rings. The van der Waals surface area contributed by atoms with E-state index >= 15 is 0 Å². The van der Waals surface area contributed by atoms with E-state index in [-0.39, 0.29) is 136 Å². The molecular formula is C74H121N13O28. The van der Waals surface area contributed by atoms with Gasteiger partial charge in [0, 0.05) is 39.8 Å². The summed E-state index contributed by atoms with van der Waals surface area (Å²) >= 11 is 0. The lowest BCUT2D eigenvalue weighted by Gasteiger charge is -2.42. The van der Waals surface area contributed by atoms with Crippen molar-refractivity contribution in [1.29, 1.82) is 0 Å². The van der Waals surface area contributed by atoms with Gasteiger partial charge in [-0.1, -0.05) is 58.8 Å². The van der Waals surface area contributed by atoms with Crippen LogP contribution in [0.4, 0.5) is 0 Å². The van der Waals surface area contributed by atoms with Crippen molar-refractivity contribution in [2.45, 2.75) is 177 Å². The maximum atomic E-state index is 14.2. The lowest BCUT2D eigenvalue weighted by atomic mass is 9.88. The predicted octanol–water partition coefficient (Wildman–Crippen LogP) is -2.40. The van der Waals surface area contributed by atoms with Gasteiger partial charge in [0.25, 0.3) is 0 Å². The summed E-state index contributed by atoms with van der Waals surface area (Å²) in [7, 11) is 0. The van der Waals surface area contributed by atoms with E-state index in [0.717, 1.165) is 24.8 Å². The Morgan fingerprint density at radius 2 is 0.835 bits per heavy atom. The van der Waals surface area contributed by atoms with Gasteiger partial charge < -0.3 is 137 Å². The molecule has 0 aliphatic carbocycles. The summed E-state index contributed by atoms with van der Waals surface area (Å²) in [5, 5.41) is 88.8. The number of fused-ring (bicyclic) bond motifs is 4. The first-order chi connectivity index (χ1) is 56.1. The number of hydrogen-bond acceptors (Lipinski definition) is 34. The minimum Gasteiger partial charge on any atom is -0.394 e. The van der Waals surface area contributed by atoms with Crippen LogP contribution < -0.4 is 21.3 Å². The molecule has 115 heavy (non-hydrogen) atoms. The van der Waals surface area contributed by atoms with Crippen LogP contribution in [-0.4, -0.2) is 358 Å². The molecule has 8 rings (SSSR count). The van der Waals surface area contributed by atoms with Crippen LogP contribution in [0.15, 0.2) is 48.9 Å². The molecule has 0 saturated carbocycles. The normalized spacial score (nSPS) is 22.2. The van der Waals surface area contributed by atoms with Gasteiger partial charge in [-0.2, -0.15) is 0 Å². The quantitative estimate of drug-likeness (QED) is 0.0208. The van der Waals surface area contributed by atoms with Crippen LogP contribution in [0.25, 0.3) is 0 Å². The molecule has 4 bridgehead atoms. The first-order valence-electron chi connectivity index (χ1n) is 39.5. The summed E-state index contributed by atoms with van der Waals surface area (Å²) in [4.78, 5) is 50.0. The van der Waals surface area contributed by atoms with Gasteiger partial charge in [0.05, 0.1) is 250 Å². The van der Waals surface area contributed by atoms with Gasteiger partial charge in [0.15, 0.2) is 12.6 Å². The molecule has 4 fully saturated rings. The number of aliphatic hydroxyl groups excluding tert-OH is 5. The van der Waals surface area contributed by atoms with Crippen LogP contribution in [-0.2, 0) is 155 Å². The minimum atomic E-state index is -1.34. The Labute approximate surface area is 669 Å². The average molecular weight is 1640 g/mol. The Kier molecular flexibility index (Phi) is 44.1. The number of amides is 4. The maximum Gasteiger partial charge on any atom is 0.220 e. The molecule has 3 aromatic heterocycles. The van der Waals surface area contributed by atoms with Crippen molar-refractivity contribution in [1.82, 2.24) is 66.2 Å². The molecule has 41 nitrogen and oxygen atoms in total. The van der Waals surface area contributed by atoms with Crippen molar-refractivity contribution in [3.05, 3.63) is 71.6 Å². The van der Waals surface area contributed by atoms with Crippen LogP contribution in [0.5, 0.6) is 0 Å². The fraction of sp³-hybridized carbons (Fsp3) is 0.784. The van der Waals surface area contributed by atoms with E-state index in [1.807, 2.05) is 30.3 Å². The highest BCUT2D eigenvalue weighted by molar-refractivity contribution is 5.77. The fourth-order valence-corrected chi connectivity index (χ4v) is 12.6. The Morgan fingerprint density at radius 3 is 1.24 bits per heavy atom. The molecule has 10 atom stereocenters. The third-order valence-corrected chi connectivity index (χ3v) is 18.5. The molecule has 0 radical (unpaired) electrons. The number of aliphatic hydroxyl groups is 5. The molecule has 41 heteroatoms. The summed E-state index contributed by atoms with van der Waals surface area (Å²) in [5.41, 5.74) is -1.15. The number of hydrogen-bond donors (Lipinski definition) is 9. The number of carbonyl (C=O) groups excluding carboxylic acids is 4. The molecule has 4 saturated heterocycles. The Hall–Kier alpha value is -6.44. The lowest BCUT2D eigenvalue weighted by Crippen LogP contribution is -2.66. The molecule has 0 unspecified atom stereocenters. The van der Waals surface area contributed by atoms with Crippen molar-refractivity contribution in [2.24, 2.45) is 0 Å². The van der Waals surface area contributed by atoms with Gasteiger partial charge in [-0.3, -0.25) is 19.2 Å². The van der Waals surface area contributed by atoms with Gasteiger partial charge in [0.2, 0.25) is 23.6 Å². The lowest BCUT2D eigenvalue weighted by molar-refractivity contribution is -0.238. The van der Waals surface area contributed by atoms with E-state index in [9.17, 15) is 39.6 Å². The number of benzene rings is 1. The molecule has 4 aromatic rings. The first kappa shape index (κ1) is 94.0. The van der Waals surface area contributed by atoms with E-state index in [0.29, 0.717) is 181 Å². The number of aromatic nitrogens is 9. The molecule has 1 aromatic carbocycles. The van der Waals surface area contributed by atoms with Gasteiger partial charge in [-0.05, 0) is 31.2 Å². The third-order valence-electron chi connectivity index (χ3n) is 18.5. The Balaban J connectivity index is 0.764. The highest BCUT2D eigenvalue weighted by atomic mass is 16.8. The molecule has 0 spiro atoms. The summed E-state index contributed by atoms with van der Waals surface area (Å²) in [6.07, 6.45) is 3.13. The molecular weight excluding hydrogens is 1520 g/mol. The largest absolute Gasteiger partial charge is 0.394 e. The third kappa shape index (κ3) is 34.8. The van der Waals surface area contributed by atoms with Gasteiger partial charge in [-0.15, -0.1) is 15.3 Å². The highest BCUT2D eigenvalue weighted by Gasteiger charge is 2.61. The molecule has 4 amide bonds. The zero-order valence-corrected chi connectivity index (χ0v) is 66.2. The molecule has 650 valence electrons. The number of carbonyl (C=O) groups is 4. The van der Waals surface area contributed by atoms with Crippen LogP contribution in [0.3, 0.4) is 0 Å². The first-order valence-corrected chi connectivity index (χ1v) is 39.5. The van der Waals surface area contributed by atoms with E-state index in [4.69, 9.17) is 95.1 Å². The second-order valence-corrected chi connectivity index (χ2v) is 28.1. The summed E-state index contributed by atoms with van der Waals surface area (Å²) in [6.45, 7) is 11.1. The van der Waals surface area contributed by atoms with Crippen molar-refractivity contribution >= 4 is 23.6 Å². The molecule has 9 N–H and O–H groups in total. The van der Waals surface area contributed by atoms with Crippen LogP contribution >= 0.6 is 0 Å². The highest BCUT2D eigenvalue weighted by Crippen LogP contribution is 2.39. The predicted molar refractivity (Wildman–Crippen MR) is 398 cm³/mol. The summed E-state index contributed by atoms with van der Waals surface area (Å²) in [6, 6.07) is 8.20. The number of nitrogens with zero attached hydrogens (tertiary/aromatic N) is 9. The Morgan fingerprint density at radius 1 is 0.452 bits per heavy atom. The monoisotopic (exact) mass is 1640 g/mol. The molecule has 7 heterocycles. The standard InChI is InChI=1S/C74H121N13O28/c1-56(89)76-64-66(93)68(95)73(54-112-70(64)114-73)52-107-40-38-104-36-34-102-31-27-98-23-18-86-43-60(80-83-86)47-110-50-72(49-109-46-59-42-85(82-79-59)17-22-97-26-30-101-33-29-100-25-20-88,78-63(92)15-8-4-10-16-75-62(91)14-9-5-11-21-106-45-58-12-6-3-7-13-58)51-111-48-61-44-87(84-81-61)19-24-99-28-32-103-35-37-105-39-41-108-53-74-55-113-71(115-74)65(77-57(2)90)67(94)69(74)96/h3,6-7,12-13,42-44,64-71,88,93-96H,4-5,8-11,14-41,45-55H2,1-2H3,(H,75,91)(H,76,89)(H,77,90)(H,78,92)/t64-,65-,66-,67-,68-,69-,70+,71+,73+,74+/m1/s1. The zero-order chi connectivity index (χ0) is 81.5. The summed E-state index contributed by atoms with van der Waals surface area (Å²) in [5.74, 6) is -1.06. The van der Waals surface area contributed by atoms with Gasteiger partial charge in [-0.25, -0.2) is 14.0 Å². The molecule has 4 aliphatic heterocycles. The number of ether oxygens (including phenoxy) is 19. The average Bonchev–Trinajstić information content (AvgIpc) is 1.62. The van der Waals surface area contributed by atoms with E-state index < -0.39 is 65.8 Å². The van der Waals surface area contributed by atoms with Crippen LogP contribution in [0.1, 0.15) is 87.9 Å². The Bertz CT molecular complexity index is 3170. The topological polar surface area (TPSA) is 485 Å². The number of nitrogens with one attached hydrogen (secondary N) is 4. The second kappa shape index (κ2) is 53.9. The van der Waals surface area contributed by atoms with Crippen molar-refractivity contribution in [2.75, 3.05) is 198 Å². The fourth-order valence-electron chi connectivity index (χ4n) is 12.6. The van der Waals surface area contributed by atoms with Crippen LogP contribution in [0, 0.1) is 0 Å². The van der Waals surface area contributed by atoms with Crippen LogP contribution in [0.2, 0.25) is 0 Å². The number of unbranched alkanes of at least 4 members (excludes halogenated alkanes) is 4. The van der Waals surface area contributed by atoms with Gasteiger partial charge >= 0.3 is 0 Å². The number of rotatable bonds is 68. The van der Waals surface area contributed by atoms with E-state index in [1.165, 1.54) is 13.8 Å². The summed E-state index contributed by atoms with van der Waals surface area (Å²) < 4.78 is 115. The van der Waals surface area contributed by atoms with Crippen molar-refractivity contribution in [3.8, 4) is 0 Å². The van der Waals surface area contributed by atoms with E-state index in [2.05, 4.69) is 52.2 Å². The SMILES string of the molecule is CC(=O)N[C@H]1[C@H]2OC[C@](COCCOCCOCCOCCn3cc(COCC(COCc4cn(CCOCCOCCOCCO)nn4)(COCc4cn(CCOCCOCCOCCOC[C@@]56CO[C@@H](O5)[C@H](NC(C)=O)[C@@H](O)[C@H]6O)nn4)NC(=O)CCCCCNC(=O)CCCCCOCc4ccccc4)nn3)(O2)[C@H](O)[C@@H]1O. The van der Waals surface area contributed by atoms with Crippen molar-refractivity contribution < 1.29 is 135 Å². The van der Waals surface area contributed by atoms with E-state index in [1.54, 1.807) is 32.6 Å². The minimum absolute atomic E-state index is 0.00510. The van der Waals surface area contributed by atoms with Gasteiger partial charge in [0.1, 0.15) is 70.3 Å². The van der Waals surface area contributed by atoms with Crippen molar-refractivity contribution in [3.63, 3.8) is 0 Å². The smallest absolute Gasteiger partial charge is 0.220 e. The maximum absolute atomic E-state index is 14.2. The second-order valence-electron chi connectivity index (χ2n) is 28.1.